The average molecular weight is 335 g/mol. The molecular formula is C12H9Br2N. The second-order valence-corrected chi connectivity index (χ2v) is 4.10. The molecule has 0 spiro atoms. The predicted octanol–water partition coefficient (Wildman–Crippen LogP) is 4.96. The Hall–Kier alpha value is -0.800. The Labute approximate surface area is 117 Å². The maximum absolute atomic E-state index is 8.11. The molecule has 0 amide bonds. The zero-order valence-electron chi connectivity index (χ0n) is 15.3. The lowest BCUT2D eigenvalue weighted by Gasteiger charge is -2.06. The van der Waals surface area contributed by atoms with Crippen LogP contribution in [0, 0.1) is 0 Å². The van der Waals surface area contributed by atoms with E-state index in [2.05, 4.69) is 31.9 Å². The number of halogens is 2. The smallest absolute Gasteiger partial charge is 0.167 e. The third-order valence-electron chi connectivity index (χ3n) is 1.45. The summed E-state index contributed by atoms with van der Waals surface area (Å²) in [5.41, 5.74) is -0.524. The number of hydrogen-bond acceptors (Lipinski definition) is 1. The van der Waals surface area contributed by atoms with Crippen molar-refractivity contribution in [1.82, 2.24) is 0 Å². The van der Waals surface area contributed by atoms with Crippen LogP contribution in [0.4, 0.5) is 11.4 Å². The molecule has 0 saturated carbocycles. The highest BCUT2D eigenvalue weighted by Crippen LogP contribution is 2.20. The van der Waals surface area contributed by atoms with Gasteiger partial charge in [-0.2, -0.15) is 0 Å². The van der Waals surface area contributed by atoms with E-state index in [4.69, 9.17) is 11.0 Å². The Kier molecular flexibility index (Phi) is 1.48. The molecule has 0 aliphatic carbocycles. The maximum Gasteiger partial charge on any atom is 0.167 e. The van der Waals surface area contributed by atoms with Crippen molar-refractivity contribution < 1.29 is 11.0 Å². The highest BCUT2D eigenvalue weighted by Gasteiger charge is 1.94. The van der Waals surface area contributed by atoms with Crippen molar-refractivity contribution in [2.75, 3.05) is 5.31 Å². The number of anilines is 2. The van der Waals surface area contributed by atoms with E-state index in [1.807, 2.05) is 0 Å². The van der Waals surface area contributed by atoms with Crippen LogP contribution in [0.15, 0.2) is 57.3 Å². The van der Waals surface area contributed by atoms with Crippen LogP contribution in [0.5, 0.6) is 0 Å². The molecule has 2 aromatic carbocycles. The summed E-state index contributed by atoms with van der Waals surface area (Å²) in [5.74, 6) is 0. The predicted molar refractivity (Wildman–Crippen MR) is 71.6 cm³/mol. The first-order valence-electron chi connectivity index (χ1n) is 7.85. The second kappa shape index (κ2) is 4.81. The van der Waals surface area contributed by atoms with Gasteiger partial charge in [-0.05, 0) is 48.4 Å². The average Bonchev–Trinajstić information content (AvgIpc) is 2.52. The SMILES string of the molecule is [2H]c1cc(N([2H])c2c([2H])c([2H])c(Br)c([2H])c2[2H])c([2H])c([2H])c1Br. The molecule has 0 atom stereocenters. The van der Waals surface area contributed by atoms with Gasteiger partial charge in [0.2, 0.25) is 0 Å². The minimum atomic E-state index is -0.451. The van der Waals surface area contributed by atoms with Gasteiger partial charge in [0, 0.05) is 20.3 Å². The largest absolute Gasteiger partial charge is 0.356 e. The number of benzene rings is 2. The van der Waals surface area contributed by atoms with E-state index in [0.717, 1.165) is 6.07 Å². The zero-order valence-corrected chi connectivity index (χ0v) is 10.5. The van der Waals surface area contributed by atoms with Gasteiger partial charge in [0.05, 0.1) is 9.60 Å². The lowest BCUT2D eigenvalue weighted by Crippen LogP contribution is -1.88. The van der Waals surface area contributed by atoms with Gasteiger partial charge in [0.25, 0.3) is 0 Å². The van der Waals surface area contributed by atoms with Crippen LogP contribution in [0.2, 0.25) is 1.41 Å². The van der Waals surface area contributed by atoms with Crippen molar-refractivity contribution in [3.05, 3.63) is 57.3 Å². The number of nitrogens with one attached hydrogen (secondary N) is 1. The first kappa shape index (κ1) is 4.60. The van der Waals surface area contributed by atoms with Crippen molar-refractivity contribution >= 4 is 43.2 Å². The highest BCUT2D eigenvalue weighted by molar-refractivity contribution is 9.10. The number of rotatable bonds is 2. The first-order chi connectivity index (χ1) is 10.6. The molecule has 0 aliphatic heterocycles. The number of hydrogen-bond donors (Lipinski definition) is 1. The van der Waals surface area contributed by atoms with Gasteiger partial charge in [-0.15, -0.1) is 0 Å². The normalized spacial score (nSPS) is 17.5. The molecule has 0 radical (unpaired) electrons. The molecule has 0 heterocycles. The monoisotopic (exact) mass is 333 g/mol. The molecule has 0 aromatic heterocycles. The highest BCUT2D eigenvalue weighted by atomic mass is 79.9. The van der Waals surface area contributed by atoms with E-state index in [1.54, 1.807) is 0 Å². The van der Waals surface area contributed by atoms with Crippen LogP contribution in [-0.2, 0) is 0 Å². The Morgan fingerprint density at radius 1 is 0.867 bits per heavy atom. The molecule has 1 nitrogen and oxygen atoms in total. The Bertz CT molecular complexity index is 782. The second-order valence-electron chi connectivity index (χ2n) is 2.51. The summed E-state index contributed by atoms with van der Waals surface area (Å²) in [7, 11) is 0. The molecule has 0 fully saturated rings. The molecule has 76 valence electrons. The third-order valence-corrected chi connectivity index (χ3v) is 2.27. The quantitative estimate of drug-likeness (QED) is 0.818. The summed E-state index contributed by atoms with van der Waals surface area (Å²) in [6.07, 6.45) is 0. The van der Waals surface area contributed by atoms with E-state index < -0.39 is 12.1 Å². The minimum Gasteiger partial charge on any atom is -0.356 e. The van der Waals surface area contributed by atoms with E-state index >= 15 is 0 Å². The Morgan fingerprint density at radius 3 is 2.07 bits per heavy atom. The minimum absolute atomic E-state index is 0.0195. The van der Waals surface area contributed by atoms with Crippen molar-refractivity contribution in [3.63, 3.8) is 0 Å². The first-order valence-corrected chi connectivity index (χ1v) is 5.49. The molecule has 2 aromatic rings. The van der Waals surface area contributed by atoms with Crippen LogP contribution in [0.3, 0.4) is 0 Å². The van der Waals surface area contributed by atoms with Gasteiger partial charge < -0.3 is 5.31 Å². The molecule has 3 heteroatoms. The van der Waals surface area contributed by atoms with Crippen molar-refractivity contribution in [1.29, 1.82) is 0 Å². The summed E-state index contributed by atoms with van der Waals surface area (Å²) < 4.78 is 63.0. The molecule has 15 heavy (non-hydrogen) atoms. The lowest BCUT2D eigenvalue weighted by atomic mass is 10.3. The van der Waals surface area contributed by atoms with Crippen LogP contribution < -0.4 is 5.31 Å². The van der Waals surface area contributed by atoms with Gasteiger partial charge in [-0.3, -0.25) is 0 Å². The molecule has 1 N–H and O–H groups in total. The van der Waals surface area contributed by atoms with Gasteiger partial charge in [0.15, 0.2) is 1.41 Å². The van der Waals surface area contributed by atoms with Gasteiger partial charge in [-0.1, -0.05) is 31.9 Å². The van der Waals surface area contributed by atoms with Crippen molar-refractivity contribution in [3.8, 4) is 0 Å². The Balaban J connectivity index is 2.75. The van der Waals surface area contributed by atoms with Crippen LogP contribution in [0.1, 0.15) is 9.60 Å². The summed E-state index contributed by atoms with van der Waals surface area (Å²) in [6, 6.07) is -1.21. The fourth-order valence-electron chi connectivity index (χ4n) is 0.850. The fraction of sp³-hybridized carbons (Fsp3) is 0. The van der Waals surface area contributed by atoms with E-state index in [-0.39, 0.29) is 50.5 Å². The van der Waals surface area contributed by atoms with Crippen LogP contribution in [-0.4, -0.2) is 0 Å². The standard InChI is InChI=1S/C12H9Br2N/c13-9-1-5-11(6-2-9)15-12-7-3-10(14)4-8-12/h1-8,15H/i1D,2D,3D,4D,5D,6D,7D/hD. The maximum atomic E-state index is 8.11. The molecule has 0 bridgehead atoms. The molecule has 2 rings (SSSR count). The summed E-state index contributed by atoms with van der Waals surface area (Å²) in [4.78, 5) is 0. The van der Waals surface area contributed by atoms with E-state index in [9.17, 15) is 0 Å². The van der Waals surface area contributed by atoms with Crippen LogP contribution >= 0.6 is 31.9 Å². The zero-order chi connectivity index (χ0) is 17.6. The van der Waals surface area contributed by atoms with Gasteiger partial charge >= 0.3 is 0 Å². The van der Waals surface area contributed by atoms with Gasteiger partial charge in [0.1, 0.15) is 0 Å². The fourth-order valence-corrected chi connectivity index (χ4v) is 1.26. The molecule has 0 unspecified atom stereocenters. The topological polar surface area (TPSA) is 12.0 Å². The van der Waals surface area contributed by atoms with Crippen molar-refractivity contribution in [2.24, 2.45) is 0 Å². The lowest BCUT2D eigenvalue weighted by molar-refractivity contribution is 1.53. The van der Waals surface area contributed by atoms with E-state index in [0.29, 0.717) is 5.31 Å². The molecule has 0 saturated heterocycles. The Morgan fingerprint density at radius 2 is 1.40 bits per heavy atom. The summed E-state index contributed by atoms with van der Waals surface area (Å²) >= 11 is 5.99. The summed E-state index contributed by atoms with van der Waals surface area (Å²) in [6.45, 7) is 0. The van der Waals surface area contributed by atoms with Crippen molar-refractivity contribution in [2.45, 2.75) is 0 Å². The van der Waals surface area contributed by atoms with E-state index in [1.165, 1.54) is 0 Å². The molecular weight excluding hydrogens is 318 g/mol. The van der Waals surface area contributed by atoms with Crippen LogP contribution in [0.25, 0.3) is 0 Å². The van der Waals surface area contributed by atoms with Gasteiger partial charge in [-0.25, -0.2) is 0 Å². The third kappa shape index (κ3) is 3.08. The molecule has 0 aliphatic rings. The summed E-state index contributed by atoms with van der Waals surface area (Å²) in [5, 5.41) is 0.554.